The standard InChI is InChI=1S/C43H27N3/c44-28-30-13-1-2-16-32(30)38-22-12-21-33(43(38)46-41-25-9-5-19-36(41)37-20-6-10-26-42(37)46)29-14-11-15-31(27-29)45-39-23-7-3-17-34(39)35-18-4-8-24-40(35)45/h1-27H. The monoisotopic (exact) mass is 585 g/mol. The number of nitriles is 1. The van der Waals surface area contributed by atoms with Gasteiger partial charge >= 0.3 is 0 Å². The fraction of sp³-hybridized carbons (Fsp3) is 0. The highest BCUT2D eigenvalue weighted by atomic mass is 15.0. The van der Waals surface area contributed by atoms with E-state index in [1.165, 1.54) is 32.6 Å². The van der Waals surface area contributed by atoms with Gasteiger partial charge < -0.3 is 9.13 Å². The molecule has 9 rings (SSSR count). The predicted molar refractivity (Wildman–Crippen MR) is 191 cm³/mol. The quantitative estimate of drug-likeness (QED) is 0.202. The topological polar surface area (TPSA) is 33.6 Å². The van der Waals surface area contributed by atoms with E-state index in [-0.39, 0.29) is 0 Å². The summed E-state index contributed by atoms with van der Waals surface area (Å²) in [6, 6.07) is 60.1. The molecule has 9 aromatic rings. The smallest absolute Gasteiger partial charge is 0.0998 e. The molecule has 0 bridgehead atoms. The van der Waals surface area contributed by atoms with Crippen LogP contribution in [-0.4, -0.2) is 9.13 Å². The Morgan fingerprint density at radius 3 is 1.43 bits per heavy atom. The van der Waals surface area contributed by atoms with E-state index >= 15 is 0 Å². The second-order valence-corrected chi connectivity index (χ2v) is 11.6. The molecule has 2 heterocycles. The largest absolute Gasteiger partial charge is 0.309 e. The van der Waals surface area contributed by atoms with Gasteiger partial charge in [0.25, 0.3) is 0 Å². The lowest BCUT2D eigenvalue weighted by Gasteiger charge is -2.20. The van der Waals surface area contributed by atoms with Crippen LogP contribution in [0.25, 0.3) is 77.2 Å². The van der Waals surface area contributed by atoms with Gasteiger partial charge in [0.15, 0.2) is 0 Å². The van der Waals surface area contributed by atoms with E-state index in [1.807, 2.05) is 18.2 Å². The van der Waals surface area contributed by atoms with E-state index < -0.39 is 0 Å². The predicted octanol–water partition coefficient (Wildman–Crippen LogP) is 11.1. The molecule has 0 amide bonds. The molecular formula is C43H27N3. The highest BCUT2D eigenvalue weighted by molar-refractivity contribution is 6.11. The van der Waals surface area contributed by atoms with E-state index in [0.29, 0.717) is 5.56 Å². The Morgan fingerprint density at radius 1 is 0.391 bits per heavy atom. The molecule has 0 saturated carbocycles. The summed E-state index contributed by atoms with van der Waals surface area (Å²) in [5.41, 5.74) is 11.6. The van der Waals surface area contributed by atoms with Crippen molar-refractivity contribution in [1.82, 2.24) is 9.13 Å². The first-order chi connectivity index (χ1) is 22.8. The molecule has 7 aromatic carbocycles. The van der Waals surface area contributed by atoms with E-state index in [4.69, 9.17) is 0 Å². The summed E-state index contributed by atoms with van der Waals surface area (Å²) in [6.07, 6.45) is 0. The van der Waals surface area contributed by atoms with Gasteiger partial charge in [0.1, 0.15) is 0 Å². The zero-order valence-corrected chi connectivity index (χ0v) is 24.9. The second kappa shape index (κ2) is 10.4. The van der Waals surface area contributed by atoms with E-state index in [0.717, 1.165) is 44.7 Å². The number of rotatable bonds is 4. The van der Waals surface area contributed by atoms with Crippen molar-refractivity contribution in [2.24, 2.45) is 0 Å². The number of hydrogen-bond acceptors (Lipinski definition) is 1. The molecule has 0 unspecified atom stereocenters. The van der Waals surface area contributed by atoms with Crippen molar-refractivity contribution in [2.75, 3.05) is 0 Å². The van der Waals surface area contributed by atoms with Gasteiger partial charge in [-0.15, -0.1) is 0 Å². The molecule has 3 nitrogen and oxygen atoms in total. The lowest BCUT2D eigenvalue weighted by Crippen LogP contribution is -2.02. The van der Waals surface area contributed by atoms with Crippen molar-refractivity contribution in [3.05, 3.63) is 169 Å². The van der Waals surface area contributed by atoms with Crippen molar-refractivity contribution in [3.8, 4) is 39.7 Å². The molecule has 0 aliphatic heterocycles. The number of hydrogen-bond donors (Lipinski definition) is 0. The van der Waals surface area contributed by atoms with Crippen LogP contribution in [0, 0.1) is 11.3 Å². The van der Waals surface area contributed by atoms with Crippen LogP contribution in [0.5, 0.6) is 0 Å². The van der Waals surface area contributed by atoms with Crippen LogP contribution in [0.3, 0.4) is 0 Å². The number of benzene rings is 7. The SMILES string of the molecule is N#Cc1ccccc1-c1cccc(-c2cccc(-n3c4ccccc4c4ccccc43)c2)c1-n1c2ccccc2c2ccccc21. The molecule has 0 aliphatic carbocycles. The van der Waals surface area contributed by atoms with Gasteiger partial charge in [0, 0.05) is 43.9 Å². The van der Waals surface area contributed by atoms with Crippen LogP contribution in [0.4, 0.5) is 0 Å². The summed E-state index contributed by atoms with van der Waals surface area (Å²) < 4.78 is 4.75. The summed E-state index contributed by atoms with van der Waals surface area (Å²) in [5, 5.41) is 15.1. The van der Waals surface area contributed by atoms with Crippen LogP contribution >= 0.6 is 0 Å². The molecule has 0 spiro atoms. The van der Waals surface area contributed by atoms with E-state index in [9.17, 15) is 5.26 Å². The van der Waals surface area contributed by atoms with Crippen molar-refractivity contribution >= 4 is 43.6 Å². The van der Waals surface area contributed by atoms with Gasteiger partial charge in [-0.2, -0.15) is 5.26 Å². The summed E-state index contributed by atoms with van der Waals surface area (Å²) in [6.45, 7) is 0. The minimum Gasteiger partial charge on any atom is -0.309 e. The first-order valence-corrected chi connectivity index (χ1v) is 15.5. The molecule has 0 saturated heterocycles. The fourth-order valence-corrected chi connectivity index (χ4v) is 7.23. The van der Waals surface area contributed by atoms with Gasteiger partial charge in [0.2, 0.25) is 0 Å². The minimum atomic E-state index is 0.653. The van der Waals surface area contributed by atoms with Crippen molar-refractivity contribution < 1.29 is 0 Å². The molecule has 214 valence electrons. The van der Waals surface area contributed by atoms with Crippen LogP contribution in [-0.2, 0) is 0 Å². The maximum Gasteiger partial charge on any atom is 0.0998 e. The van der Waals surface area contributed by atoms with Gasteiger partial charge in [-0.05, 0) is 48.0 Å². The maximum atomic E-state index is 10.2. The molecule has 0 aliphatic rings. The lowest BCUT2D eigenvalue weighted by molar-refractivity contribution is 1.17. The molecule has 3 heteroatoms. The Bertz CT molecular complexity index is 2560. The summed E-state index contributed by atoms with van der Waals surface area (Å²) >= 11 is 0. The first kappa shape index (κ1) is 26.1. The molecule has 0 atom stereocenters. The summed E-state index contributed by atoms with van der Waals surface area (Å²) in [4.78, 5) is 0. The van der Waals surface area contributed by atoms with Gasteiger partial charge in [-0.1, -0.05) is 121 Å². The number of fused-ring (bicyclic) bond motifs is 6. The maximum absolute atomic E-state index is 10.2. The van der Waals surface area contributed by atoms with Crippen molar-refractivity contribution in [2.45, 2.75) is 0 Å². The minimum absolute atomic E-state index is 0.653. The van der Waals surface area contributed by atoms with Crippen molar-refractivity contribution in [1.29, 1.82) is 5.26 Å². The first-order valence-electron chi connectivity index (χ1n) is 15.5. The van der Waals surface area contributed by atoms with Crippen LogP contribution in [0.15, 0.2) is 164 Å². The number of para-hydroxylation sites is 5. The average molecular weight is 586 g/mol. The Morgan fingerprint density at radius 2 is 0.848 bits per heavy atom. The summed E-state index contributed by atoms with van der Waals surface area (Å²) in [5.74, 6) is 0. The third-order valence-corrected chi connectivity index (χ3v) is 9.17. The zero-order valence-electron chi connectivity index (χ0n) is 24.9. The highest BCUT2D eigenvalue weighted by Crippen LogP contribution is 2.42. The molecule has 0 fully saturated rings. The Kier molecular flexibility index (Phi) is 5.88. The number of nitrogens with zero attached hydrogens (tertiary/aromatic N) is 3. The van der Waals surface area contributed by atoms with Crippen LogP contribution in [0.1, 0.15) is 5.56 Å². The normalized spacial score (nSPS) is 11.5. The molecule has 0 radical (unpaired) electrons. The van der Waals surface area contributed by atoms with Gasteiger partial charge in [0.05, 0.1) is 39.4 Å². The van der Waals surface area contributed by atoms with Crippen molar-refractivity contribution in [3.63, 3.8) is 0 Å². The fourth-order valence-electron chi connectivity index (χ4n) is 7.23. The molecular weight excluding hydrogens is 558 g/mol. The van der Waals surface area contributed by atoms with Crippen LogP contribution < -0.4 is 0 Å². The second-order valence-electron chi connectivity index (χ2n) is 11.6. The van der Waals surface area contributed by atoms with E-state index in [2.05, 4.69) is 161 Å². The average Bonchev–Trinajstić information content (AvgIpc) is 3.64. The zero-order chi connectivity index (χ0) is 30.6. The molecule has 2 aromatic heterocycles. The Labute approximate surface area is 266 Å². The Hall–Kier alpha value is -6.37. The Balaban J connectivity index is 1.38. The lowest BCUT2D eigenvalue weighted by atomic mass is 9.93. The third kappa shape index (κ3) is 3.84. The van der Waals surface area contributed by atoms with Gasteiger partial charge in [-0.25, -0.2) is 0 Å². The molecule has 0 N–H and O–H groups in total. The third-order valence-electron chi connectivity index (χ3n) is 9.17. The molecule has 46 heavy (non-hydrogen) atoms. The number of aromatic nitrogens is 2. The van der Waals surface area contributed by atoms with Crippen LogP contribution in [0.2, 0.25) is 0 Å². The van der Waals surface area contributed by atoms with Gasteiger partial charge in [-0.3, -0.25) is 0 Å². The van der Waals surface area contributed by atoms with E-state index in [1.54, 1.807) is 0 Å². The summed E-state index contributed by atoms with van der Waals surface area (Å²) in [7, 11) is 0. The highest BCUT2D eigenvalue weighted by Gasteiger charge is 2.21.